The number of aliphatic carboxylic acids is 1. The minimum Gasteiger partial charge on any atom is -0.481 e. The quantitative estimate of drug-likeness (QED) is 0.776. The molecule has 0 bridgehead atoms. The maximum atomic E-state index is 13.1. The van der Waals surface area contributed by atoms with E-state index in [9.17, 15) is 19.5 Å². The zero-order valence-electron chi connectivity index (χ0n) is 15.9. The van der Waals surface area contributed by atoms with Crippen LogP contribution in [0.3, 0.4) is 0 Å². The Morgan fingerprint density at radius 2 is 1.93 bits per heavy atom. The second kappa shape index (κ2) is 9.22. The van der Waals surface area contributed by atoms with Gasteiger partial charge in [0.15, 0.2) is 0 Å². The molecule has 27 heavy (non-hydrogen) atoms. The molecule has 1 aliphatic rings. The maximum absolute atomic E-state index is 13.1. The molecular formula is C20H27ClN2O4. The average Bonchev–Trinajstić information content (AvgIpc) is 2.64. The standard InChI is InChI=1S/C20H27ClN2O4/c1-4-12(2)17(22-18(24)14-5-7-15(21)8-6-14)19(25)23-10-9-16(20(26)27)13(3)11-23/h5-8,12-13,16-17H,4,9-11H2,1-3H3,(H,22,24)(H,26,27). The van der Waals surface area contributed by atoms with Crippen molar-refractivity contribution >= 4 is 29.4 Å². The van der Waals surface area contributed by atoms with E-state index in [2.05, 4.69) is 5.32 Å². The van der Waals surface area contributed by atoms with Crippen molar-refractivity contribution in [1.82, 2.24) is 10.2 Å². The molecule has 4 unspecified atom stereocenters. The number of halogens is 1. The first kappa shape index (κ1) is 21.2. The van der Waals surface area contributed by atoms with Gasteiger partial charge in [-0.25, -0.2) is 0 Å². The number of benzene rings is 1. The van der Waals surface area contributed by atoms with Crippen molar-refractivity contribution in [1.29, 1.82) is 0 Å². The van der Waals surface area contributed by atoms with Gasteiger partial charge in [0, 0.05) is 23.7 Å². The largest absolute Gasteiger partial charge is 0.481 e. The van der Waals surface area contributed by atoms with Crippen LogP contribution in [0.15, 0.2) is 24.3 Å². The Hall–Kier alpha value is -2.08. The first-order valence-electron chi connectivity index (χ1n) is 9.32. The number of carbonyl (C=O) groups excluding carboxylic acids is 2. The lowest BCUT2D eigenvalue weighted by molar-refractivity contribution is -0.149. The number of carboxylic acids is 1. The number of nitrogens with one attached hydrogen (secondary N) is 1. The van der Waals surface area contributed by atoms with Crippen molar-refractivity contribution in [3.63, 3.8) is 0 Å². The monoisotopic (exact) mass is 394 g/mol. The highest BCUT2D eigenvalue weighted by Gasteiger charge is 2.37. The van der Waals surface area contributed by atoms with Crippen molar-refractivity contribution in [3.8, 4) is 0 Å². The van der Waals surface area contributed by atoms with E-state index in [0.29, 0.717) is 30.1 Å². The summed E-state index contributed by atoms with van der Waals surface area (Å²) in [6, 6.07) is 5.86. The number of carboxylic acid groups (broad SMARTS) is 1. The van der Waals surface area contributed by atoms with Crippen LogP contribution in [-0.4, -0.2) is 46.9 Å². The van der Waals surface area contributed by atoms with E-state index in [1.165, 1.54) is 0 Å². The molecule has 0 aliphatic carbocycles. The molecule has 4 atom stereocenters. The molecule has 7 heteroatoms. The molecule has 1 aliphatic heterocycles. The van der Waals surface area contributed by atoms with Crippen LogP contribution >= 0.6 is 11.6 Å². The molecule has 1 heterocycles. The van der Waals surface area contributed by atoms with Gasteiger partial charge in [-0.1, -0.05) is 38.8 Å². The highest BCUT2D eigenvalue weighted by Crippen LogP contribution is 2.25. The van der Waals surface area contributed by atoms with Gasteiger partial charge in [0.1, 0.15) is 6.04 Å². The first-order valence-corrected chi connectivity index (χ1v) is 9.70. The summed E-state index contributed by atoms with van der Waals surface area (Å²) in [5, 5.41) is 12.7. The fourth-order valence-corrected chi connectivity index (χ4v) is 3.54. The number of piperidine rings is 1. The second-order valence-corrected chi connectivity index (χ2v) is 7.77. The smallest absolute Gasteiger partial charge is 0.306 e. The van der Waals surface area contributed by atoms with E-state index < -0.39 is 17.9 Å². The number of rotatable bonds is 6. The van der Waals surface area contributed by atoms with Crippen molar-refractivity contribution in [2.75, 3.05) is 13.1 Å². The van der Waals surface area contributed by atoms with E-state index in [1.807, 2.05) is 20.8 Å². The number of carbonyl (C=O) groups is 3. The molecule has 148 valence electrons. The summed E-state index contributed by atoms with van der Waals surface area (Å²) in [6.07, 6.45) is 1.17. The summed E-state index contributed by atoms with van der Waals surface area (Å²) in [5.41, 5.74) is 0.443. The Morgan fingerprint density at radius 1 is 1.30 bits per heavy atom. The SMILES string of the molecule is CCC(C)C(NC(=O)c1ccc(Cl)cc1)C(=O)N1CCC(C(=O)O)C(C)C1. The topological polar surface area (TPSA) is 86.7 Å². The highest BCUT2D eigenvalue weighted by atomic mass is 35.5. The van der Waals surface area contributed by atoms with Gasteiger partial charge in [0.05, 0.1) is 5.92 Å². The van der Waals surface area contributed by atoms with Crippen molar-refractivity contribution in [2.24, 2.45) is 17.8 Å². The third kappa shape index (κ3) is 5.22. The number of hydrogen-bond acceptors (Lipinski definition) is 3. The minimum absolute atomic E-state index is 0.0405. The predicted molar refractivity (Wildman–Crippen MR) is 104 cm³/mol. The van der Waals surface area contributed by atoms with E-state index in [1.54, 1.807) is 29.2 Å². The van der Waals surface area contributed by atoms with Crippen LogP contribution in [0.2, 0.25) is 5.02 Å². The van der Waals surface area contributed by atoms with Crippen LogP contribution in [-0.2, 0) is 9.59 Å². The van der Waals surface area contributed by atoms with Crippen LogP contribution in [0, 0.1) is 17.8 Å². The Morgan fingerprint density at radius 3 is 2.44 bits per heavy atom. The van der Waals surface area contributed by atoms with Gasteiger partial charge in [0.25, 0.3) is 5.91 Å². The summed E-state index contributed by atoms with van der Waals surface area (Å²) >= 11 is 5.86. The van der Waals surface area contributed by atoms with Crippen LogP contribution in [0.25, 0.3) is 0 Å². The average molecular weight is 395 g/mol. The lowest BCUT2D eigenvalue weighted by Crippen LogP contribution is -2.55. The van der Waals surface area contributed by atoms with Crippen molar-refractivity contribution < 1.29 is 19.5 Å². The van der Waals surface area contributed by atoms with E-state index in [4.69, 9.17) is 11.6 Å². The molecule has 0 radical (unpaired) electrons. The van der Waals surface area contributed by atoms with Crippen molar-refractivity contribution in [2.45, 2.75) is 39.7 Å². The normalized spacial score (nSPS) is 22.0. The van der Waals surface area contributed by atoms with Gasteiger partial charge < -0.3 is 15.3 Å². The third-order valence-corrected chi connectivity index (χ3v) is 5.66. The molecule has 0 spiro atoms. The number of likely N-dealkylation sites (tertiary alicyclic amines) is 1. The molecule has 1 saturated heterocycles. The molecule has 2 rings (SSSR count). The van der Waals surface area contributed by atoms with Crippen molar-refractivity contribution in [3.05, 3.63) is 34.9 Å². The van der Waals surface area contributed by atoms with E-state index in [-0.39, 0.29) is 23.7 Å². The van der Waals surface area contributed by atoms with Gasteiger partial charge in [0.2, 0.25) is 5.91 Å². The summed E-state index contributed by atoms with van der Waals surface area (Å²) in [5.74, 6) is -1.88. The lowest BCUT2D eigenvalue weighted by Gasteiger charge is -2.38. The van der Waals surface area contributed by atoms with Gasteiger partial charge in [-0.3, -0.25) is 14.4 Å². The zero-order chi connectivity index (χ0) is 20.1. The zero-order valence-corrected chi connectivity index (χ0v) is 16.7. The number of hydrogen-bond donors (Lipinski definition) is 2. The number of amides is 2. The Bertz CT molecular complexity index is 692. The van der Waals surface area contributed by atoms with Crippen LogP contribution < -0.4 is 5.32 Å². The summed E-state index contributed by atoms with van der Waals surface area (Å²) in [6.45, 7) is 6.53. The molecule has 6 nitrogen and oxygen atoms in total. The minimum atomic E-state index is -0.816. The van der Waals surface area contributed by atoms with Crippen LogP contribution in [0.5, 0.6) is 0 Å². The predicted octanol–water partition coefficient (Wildman–Crippen LogP) is 3.05. The first-order chi connectivity index (χ1) is 12.7. The highest BCUT2D eigenvalue weighted by molar-refractivity contribution is 6.30. The van der Waals surface area contributed by atoms with Gasteiger partial charge in [-0.05, 0) is 42.5 Å². The van der Waals surface area contributed by atoms with Gasteiger partial charge in [-0.2, -0.15) is 0 Å². The maximum Gasteiger partial charge on any atom is 0.306 e. The van der Waals surface area contributed by atoms with E-state index >= 15 is 0 Å². The van der Waals surface area contributed by atoms with Gasteiger partial charge >= 0.3 is 5.97 Å². The summed E-state index contributed by atoms with van der Waals surface area (Å²) < 4.78 is 0. The molecule has 0 aromatic heterocycles. The second-order valence-electron chi connectivity index (χ2n) is 7.34. The van der Waals surface area contributed by atoms with E-state index in [0.717, 1.165) is 6.42 Å². The third-order valence-electron chi connectivity index (χ3n) is 5.41. The summed E-state index contributed by atoms with van der Waals surface area (Å²) in [7, 11) is 0. The Labute approximate surface area is 164 Å². The molecule has 0 saturated carbocycles. The fourth-order valence-electron chi connectivity index (χ4n) is 3.42. The fraction of sp³-hybridized carbons (Fsp3) is 0.550. The molecule has 1 fully saturated rings. The van der Waals surface area contributed by atoms with Crippen LogP contribution in [0.4, 0.5) is 0 Å². The Balaban J connectivity index is 2.11. The number of nitrogens with zero attached hydrogens (tertiary/aromatic N) is 1. The Kier molecular flexibility index (Phi) is 7.25. The van der Waals surface area contributed by atoms with Gasteiger partial charge in [-0.15, -0.1) is 0 Å². The molecule has 2 amide bonds. The molecule has 1 aromatic rings. The molecular weight excluding hydrogens is 368 g/mol. The molecule has 1 aromatic carbocycles. The summed E-state index contributed by atoms with van der Waals surface area (Å²) in [4.78, 5) is 38.6. The van der Waals surface area contributed by atoms with Crippen LogP contribution in [0.1, 0.15) is 44.0 Å². The lowest BCUT2D eigenvalue weighted by atomic mass is 9.86. The molecule has 2 N–H and O–H groups in total.